The quantitative estimate of drug-likeness (QED) is 0.743. The minimum Gasteiger partial charge on any atom is -0.353 e. The van der Waals surface area contributed by atoms with Crippen molar-refractivity contribution in [2.24, 2.45) is 5.92 Å². The third kappa shape index (κ3) is 3.80. The van der Waals surface area contributed by atoms with Gasteiger partial charge in [0.25, 0.3) is 5.91 Å². The van der Waals surface area contributed by atoms with Crippen LogP contribution in [0.5, 0.6) is 0 Å². The van der Waals surface area contributed by atoms with Gasteiger partial charge in [0.2, 0.25) is 5.91 Å². The van der Waals surface area contributed by atoms with Gasteiger partial charge in [0.05, 0.1) is 21.8 Å². The molecule has 1 saturated carbocycles. The molecule has 164 valence electrons. The monoisotopic (exact) mass is 440 g/mol. The van der Waals surface area contributed by atoms with Gasteiger partial charge in [-0.2, -0.15) is 0 Å². The van der Waals surface area contributed by atoms with Crippen molar-refractivity contribution in [3.05, 3.63) is 22.9 Å². The lowest BCUT2D eigenvalue weighted by molar-refractivity contribution is -0.114. The molecule has 1 saturated heterocycles. The highest BCUT2D eigenvalue weighted by atomic mass is 32.1. The van der Waals surface area contributed by atoms with E-state index in [-0.39, 0.29) is 17.9 Å². The Morgan fingerprint density at radius 2 is 2.03 bits per heavy atom. The lowest BCUT2D eigenvalue weighted by Gasteiger charge is -2.30. The fraction of sp³-hybridized carbons (Fsp3) is 0.545. The van der Waals surface area contributed by atoms with Gasteiger partial charge in [-0.1, -0.05) is 11.3 Å². The number of anilines is 2. The number of carbonyl (C=O) groups excluding carboxylic acids is 2. The molecule has 1 atom stereocenters. The molecule has 31 heavy (non-hydrogen) atoms. The van der Waals surface area contributed by atoms with E-state index in [1.807, 2.05) is 11.8 Å². The molecule has 0 bridgehead atoms. The fourth-order valence-electron chi connectivity index (χ4n) is 4.56. The maximum absolute atomic E-state index is 13.5. The zero-order valence-electron chi connectivity index (χ0n) is 18.2. The molecule has 2 aliphatic heterocycles. The summed E-state index contributed by atoms with van der Waals surface area (Å²) in [5.41, 5.74) is 3.47. The van der Waals surface area contributed by atoms with E-state index in [0.29, 0.717) is 17.6 Å². The van der Waals surface area contributed by atoms with Crippen LogP contribution in [-0.4, -0.2) is 58.9 Å². The highest BCUT2D eigenvalue weighted by Gasteiger charge is 2.41. The molecule has 0 radical (unpaired) electrons. The highest BCUT2D eigenvalue weighted by molar-refractivity contribution is 7.19. The minimum atomic E-state index is -0.140. The van der Waals surface area contributed by atoms with Crippen LogP contribution < -0.4 is 15.5 Å². The molecule has 2 amide bonds. The van der Waals surface area contributed by atoms with Gasteiger partial charge in [-0.3, -0.25) is 9.59 Å². The first-order valence-electron chi connectivity index (χ1n) is 11.0. The van der Waals surface area contributed by atoms with Crippen LogP contribution in [0.3, 0.4) is 0 Å². The Bertz CT molecular complexity index is 1040. The van der Waals surface area contributed by atoms with Crippen LogP contribution in [0.4, 0.5) is 10.9 Å². The standard InChI is InChI=1S/C22H28N6O2S/c1-12-19(31-22(24-12)25-14(3)29)17-10-16-11-28(13(2)15-4-5-15)21(30)18(16)20(26-17)27-8-6-23-7-9-27/h10,13,15,23H,4-9,11H2,1-3H3,(H,24,25,29). The Kier molecular flexibility index (Phi) is 5.18. The Labute approximate surface area is 186 Å². The second-order valence-electron chi connectivity index (χ2n) is 8.73. The highest BCUT2D eigenvalue weighted by Crippen LogP contribution is 2.42. The number of thiazole rings is 1. The second kappa shape index (κ2) is 7.87. The molecule has 8 nitrogen and oxygen atoms in total. The molecule has 2 aromatic heterocycles. The molecule has 5 rings (SSSR count). The van der Waals surface area contributed by atoms with Gasteiger partial charge in [0.1, 0.15) is 5.82 Å². The maximum atomic E-state index is 13.5. The van der Waals surface area contributed by atoms with Crippen LogP contribution in [0.15, 0.2) is 6.07 Å². The number of rotatable bonds is 5. The second-order valence-corrected chi connectivity index (χ2v) is 9.73. The van der Waals surface area contributed by atoms with E-state index in [1.165, 1.54) is 31.1 Å². The van der Waals surface area contributed by atoms with Crippen LogP contribution in [0.2, 0.25) is 0 Å². The van der Waals surface area contributed by atoms with Crippen molar-refractivity contribution < 1.29 is 9.59 Å². The van der Waals surface area contributed by atoms with Crippen molar-refractivity contribution in [1.82, 2.24) is 20.2 Å². The first kappa shape index (κ1) is 20.4. The fourth-order valence-corrected chi connectivity index (χ4v) is 5.53. The number of piperazine rings is 1. The molecular weight excluding hydrogens is 412 g/mol. The van der Waals surface area contributed by atoms with E-state index in [0.717, 1.165) is 59.4 Å². The van der Waals surface area contributed by atoms with Crippen molar-refractivity contribution in [2.45, 2.75) is 46.2 Å². The predicted octanol–water partition coefficient (Wildman–Crippen LogP) is 2.64. The molecule has 9 heteroatoms. The van der Waals surface area contributed by atoms with E-state index in [4.69, 9.17) is 4.98 Å². The molecule has 2 N–H and O–H groups in total. The molecule has 3 aliphatic rings. The number of aryl methyl sites for hydroxylation is 1. The Balaban J connectivity index is 1.57. The first-order chi connectivity index (χ1) is 14.9. The first-order valence-corrected chi connectivity index (χ1v) is 11.8. The number of amides is 2. The van der Waals surface area contributed by atoms with Gasteiger partial charge < -0.3 is 20.4 Å². The van der Waals surface area contributed by atoms with E-state index in [9.17, 15) is 9.59 Å². The van der Waals surface area contributed by atoms with E-state index < -0.39 is 0 Å². The smallest absolute Gasteiger partial charge is 0.258 e. The predicted molar refractivity (Wildman–Crippen MR) is 122 cm³/mol. The van der Waals surface area contributed by atoms with Gasteiger partial charge in [0, 0.05) is 45.7 Å². The zero-order chi connectivity index (χ0) is 21.7. The van der Waals surface area contributed by atoms with Crippen LogP contribution in [0, 0.1) is 12.8 Å². The summed E-state index contributed by atoms with van der Waals surface area (Å²) < 4.78 is 0. The molecule has 1 unspecified atom stereocenters. The molecule has 2 aromatic rings. The number of hydrogen-bond acceptors (Lipinski definition) is 7. The number of pyridine rings is 1. The van der Waals surface area contributed by atoms with Crippen LogP contribution in [0.1, 0.15) is 48.3 Å². The summed E-state index contributed by atoms with van der Waals surface area (Å²) in [6.45, 7) is 9.63. The Hall–Kier alpha value is -2.52. The van der Waals surface area contributed by atoms with Crippen molar-refractivity contribution in [1.29, 1.82) is 0 Å². The molecule has 0 aromatic carbocycles. The minimum absolute atomic E-state index is 0.113. The van der Waals surface area contributed by atoms with Crippen molar-refractivity contribution in [3.63, 3.8) is 0 Å². The summed E-state index contributed by atoms with van der Waals surface area (Å²) >= 11 is 1.43. The average Bonchev–Trinajstić information content (AvgIpc) is 3.46. The summed E-state index contributed by atoms with van der Waals surface area (Å²) in [6, 6.07) is 2.31. The topological polar surface area (TPSA) is 90.5 Å². The number of aromatic nitrogens is 2. The van der Waals surface area contributed by atoms with Gasteiger partial charge in [0.15, 0.2) is 5.13 Å². The molecular formula is C22H28N6O2S. The number of nitrogens with zero attached hydrogens (tertiary/aromatic N) is 4. The summed E-state index contributed by atoms with van der Waals surface area (Å²) in [5, 5.41) is 6.73. The SMILES string of the molecule is CC(=O)Nc1nc(C)c(-c2cc3c(c(N4CCNCC4)n2)C(=O)N(C(C)C2CC2)C3)s1. The maximum Gasteiger partial charge on any atom is 0.258 e. The van der Waals surface area contributed by atoms with Crippen LogP contribution in [-0.2, 0) is 11.3 Å². The molecule has 4 heterocycles. The lowest BCUT2D eigenvalue weighted by Crippen LogP contribution is -2.44. The van der Waals surface area contributed by atoms with Gasteiger partial charge in [-0.05, 0) is 44.2 Å². The van der Waals surface area contributed by atoms with Gasteiger partial charge in [-0.15, -0.1) is 0 Å². The van der Waals surface area contributed by atoms with Crippen molar-refractivity contribution >= 4 is 34.1 Å². The summed E-state index contributed by atoms with van der Waals surface area (Å²) in [6.07, 6.45) is 2.42. The average molecular weight is 441 g/mol. The van der Waals surface area contributed by atoms with E-state index >= 15 is 0 Å². The van der Waals surface area contributed by atoms with Crippen LogP contribution >= 0.6 is 11.3 Å². The molecule has 2 fully saturated rings. The van der Waals surface area contributed by atoms with Crippen molar-refractivity contribution in [3.8, 4) is 10.6 Å². The molecule has 1 aliphatic carbocycles. The summed E-state index contributed by atoms with van der Waals surface area (Å²) in [5.74, 6) is 1.39. The van der Waals surface area contributed by atoms with Crippen LogP contribution in [0.25, 0.3) is 10.6 Å². The third-order valence-corrected chi connectivity index (χ3v) is 7.52. The molecule has 0 spiro atoms. The number of hydrogen-bond donors (Lipinski definition) is 2. The normalized spacial score (nSPS) is 19.5. The van der Waals surface area contributed by atoms with E-state index in [2.05, 4.69) is 33.5 Å². The van der Waals surface area contributed by atoms with Gasteiger partial charge >= 0.3 is 0 Å². The Morgan fingerprint density at radius 3 is 2.71 bits per heavy atom. The van der Waals surface area contributed by atoms with E-state index in [1.54, 1.807) is 0 Å². The number of carbonyl (C=O) groups is 2. The third-order valence-electron chi connectivity index (χ3n) is 6.42. The summed E-state index contributed by atoms with van der Waals surface area (Å²) in [4.78, 5) is 39.6. The van der Waals surface area contributed by atoms with Crippen molar-refractivity contribution in [2.75, 3.05) is 36.4 Å². The lowest BCUT2D eigenvalue weighted by atomic mass is 10.1. The number of fused-ring (bicyclic) bond motifs is 1. The van der Waals surface area contributed by atoms with Gasteiger partial charge in [-0.25, -0.2) is 9.97 Å². The zero-order valence-corrected chi connectivity index (χ0v) is 19.0. The summed E-state index contributed by atoms with van der Waals surface area (Å²) in [7, 11) is 0. The Morgan fingerprint density at radius 1 is 1.29 bits per heavy atom. The number of nitrogens with one attached hydrogen (secondary N) is 2. The largest absolute Gasteiger partial charge is 0.353 e.